The first-order valence-electron chi connectivity index (χ1n) is 8.85. The molecule has 4 nitrogen and oxygen atoms in total. The minimum absolute atomic E-state index is 0.0862. The molecule has 0 amide bonds. The summed E-state index contributed by atoms with van der Waals surface area (Å²) in [6.45, 7) is 0. The van der Waals surface area contributed by atoms with Gasteiger partial charge in [0.15, 0.2) is 17.3 Å². The summed E-state index contributed by atoms with van der Waals surface area (Å²) < 4.78 is 5.24. The van der Waals surface area contributed by atoms with E-state index in [9.17, 15) is 14.4 Å². The molecule has 0 saturated carbocycles. The standard InChI is InChI=1S/C22H16O4/c23-17-7-3-4-12-10-16-20(19(18(12)17)13-8-9-26-11-13)22(25)15-6-2-1-5-14(15)21(16)24/h1-2,5-6,8-9,11,19H,3-4,7,10H2. The maximum absolute atomic E-state index is 13.3. The van der Waals surface area contributed by atoms with E-state index in [4.69, 9.17) is 4.42 Å². The van der Waals surface area contributed by atoms with Gasteiger partial charge in [0, 0.05) is 45.7 Å². The minimum atomic E-state index is -0.495. The third kappa shape index (κ3) is 1.99. The normalized spacial score (nSPS) is 22.3. The first kappa shape index (κ1) is 15.3. The molecule has 26 heavy (non-hydrogen) atoms. The van der Waals surface area contributed by atoms with E-state index in [1.807, 2.05) is 0 Å². The van der Waals surface area contributed by atoms with Gasteiger partial charge < -0.3 is 4.42 Å². The summed E-state index contributed by atoms with van der Waals surface area (Å²) in [4.78, 5) is 39.2. The van der Waals surface area contributed by atoms with Crippen LogP contribution in [0.25, 0.3) is 0 Å². The van der Waals surface area contributed by atoms with Crippen molar-refractivity contribution in [1.29, 1.82) is 0 Å². The van der Waals surface area contributed by atoms with Crippen LogP contribution >= 0.6 is 0 Å². The van der Waals surface area contributed by atoms with Gasteiger partial charge in [-0.05, 0) is 25.3 Å². The van der Waals surface area contributed by atoms with Crippen LogP contribution in [0.3, 0.4) is 0 Å². The van der Waals surface area contributed by atoms with Crippen LogP contribution in [0.5, 0.6) is 0 Å². The summed E-state index contributed by atoms with van der Waals surface area (Å²) in [5.74, 6) is -0.646. The summed E-state index contributed by atoms with van der Waals surface area (Å²) in [5, 5.41) is 0. The fraction of sp³-hybridized carbons (Fsp3) is 0.227. The van der Waals surface area contributed by atoms with E-state index in [2.05, 4.69) is 0 Å². The lowest BCUT2D eigenvalue weighted by Gasteiger charge is -2.35. The molecule has 0 spiro atoms. The van der Waals surface area contributed by atoms with Crippen molar-refractivity contribution < 1.29 is 18.8 Å². The van der Waals surface area contributed by atoms with Crippen molar-refractivity contribution in [1.82, 2.24) is 0 Å². The zero-order chi connectivity index (χ0) is 17.8. The van der Waals surface area contributed by atoms with Crippen LogP contribution in [0.2, 0.25) is 0 Å². The van der Waals surface area contributed by atoms with E-state index in [0.29, 0.717) is 40.7 Å². The molecule has 0 fully saturated rings. The smallest absolute Gasteiger partial charge is 0.191 e. The topological polar surface area (TPSA) is 64.3 Å². The summed E-state index contributed by atoms with van der Waals surface area (Å²) in [6, 6.07) is 8.73. The van der Waals surface area contributed by atoms with E-state index in [1.54, 1.807) is 42.9 Å². The number of hydrogen-bond donors (Lipinski definition) is 0. The van der Waals surface area contributed by atoms with Gasteiger partial charge in [0.2, 0.25) is 0 Å². The molecule has 0 aliphatic heterocycles. The molecular formula is C22H16O4. The van der Waals surface area contributed by atoms with Crippen LogP contribution in [0.1, 0.15) is 57.9 Å². The molecule has 5 rings (SSSR count). The maximum Gasteiger partial charge on any atom is 0.191 e. The van der Waals surface area contributed by atoms with Crippen molar-refractivity contribution >= 4 is 17.3 Å². The quantitative estimate of drug-likeness (QED) is 0.778. The predicted octanol–water partition coefficient (Wildman–Crippen LogP) is 4.19. The molecule has 1 unspecified atom stereocenters. The van der Waals surface area contributed by atoms with Gasteiger partial charge in [-0.15, -0.1) is 0 Å². The van der Waals surface area contributed by atoms with Crippen molar-refractivity contribution in [2.75, 3.05) is 0 Å². The van der Waals surface area contributed by atoms with Crippen molar-refractivity contribution in [3.8, 4) is 0 Å². The predicted molar refractivity (Wildman–Crippen MR) is 94.1 cm³/mol. The van der Waals surface area contributed by atoms with E-state index in [0.717, 1.165) is 24.0 Å². The highest BCUT2D eigenvalue weighted by atomic mass is 16.3. The Kier molecular flexibility index (Phi) is 3.23. The van der Waals surface area contributed by atoms with Crippen molar-refractivity contribution in [2.24, 2.45) is 0 Å². The second-order valence-electron chi connectivity index (χ2n) is 7.06. The Morgan fingerprint density at radius 3 is 2.38 bits per heavy atom. The maximum atomic E-state index is 13.3. The highest BCUT2D eigenvalue weighted by molar-refractivity contribution is 6.28. The summed E-state index contributed by atoms with van der Waals surface area (Å²) in [6.07, 6.45) is 5.62. The largest absolute Gasteiger partial charge is 0.472 e. The van der Waals surface area contributed by atoms with E-state index in [1.165, 1.54) is 0 Å². The second-order valence-corrected chi connectivity index (χ2v) is 7.06. The highest BCUT2D eigenvalue weighted by Gasteiger charge is 2.44. The number of carbonyl (C=O) groups excluding carboxylic acids is 3. The van der Waals surface area contributed by atoms with Gasteiger partial charge in [-0.25, -0.2) is 0 Å². The second kappa shape index (κ2) is 5.49. The Labute approximate surface area is 150 Å². The van der Waals surface area contributed by atoms with Gasteiger partial charge in [0.25, 0.3) is 0 Å². The highest BCUT2D eigenvalue weighted by Crippen LogP contribution is 2.49. The Hall–Kier alpha value is -3.01. The molecule has 0 bridgehead atoms. The number of hydrogen-bond acceptors (Lipinski definition) is 4. The van der Waals surface area contributed by atoms with Crippen LogP contribution in [-0.4, -0.2) is 17.3 Å². The first-order chi connectivity index (χ1) is 12.7. The van der Waals surface area contributed by atoms with Crippen molar-refractivity contribution in [3.05, 3.63) is 81.8 Å². The van der Waals surface area contributed by atoms with Crippen LogP contribution in [0.15, 0.2) is 69.6 Å². The monoisotopic (exact) mass is 344 g/mol. The number of rotatable bonds is 1. The molecule has 0 saturated heterocycles. The van der Waals surface area contributed by atoms with Gasteiger partial charge in [-0.2, -0.15) is 0 Å². The van der Waals surface area contributed by atoms with Crippen LogP contribution in [-0.2, 0) is 4.79 Å². The molecule has 3 aliphatic carbocycles. The summed E-state index contributed by atoms with van der Waals surface area (Å²) in [5.41, 5.74) is 4.38. The van der Waals surface area contributed by atoms with Crippen LogP contribution in [0, 0.1) is 0 Å². The van der Waals surface area contributed by atoms with Gasteiger partial charge in [0.05, 0.1) is 12.5 Å². The lowest BCUT2D eigenvalue weighted by atomic mass is 9.65. The number of fused-ring (bicyclic) bond motifs is 1. The molecule has 1 heterocycles. The molecule has 1 aromatic heterocycles. The zero-order valence-corrected chi connectivity index (χ0v) is 14.1. The Morgan fingerprint density at radius 1 is 0.885 bits per heavy atom. The Bertz CT molecular complexity index is 1030. The molecule has 128 valence electrons. The van der Waals surface area contributed by atoms with Crippen molar-refractivity contribution in [3.63, 3.8) is 0 Å². The van der Waals surface area contributed by atoms with E-state index >= 15 is 0 Å². The number of furan rings is 1. The molecule has 0 radical (unpaired) electrons. The molecule has 4 heteroatoms. The fourth-order valence-electron chi connectivity index (χ4n) is 4.53. The number of Topliss-reactive ketones (excluding diaryl/α,β-unsaturated/α-hetero) is 3. The number of allylic oxidation sites excluding steroid dienone is 4. The fourth-order valence-corrected chi connectivity index (χ4v) is 4.53. The van der Waals surface area contributed by atoms with Crippen molar-refractivity contribution in [2.45, 2.75) is 31.6 Å². The molecular weight excluding hydrogens is 328 g/mol. The molecule has 1 aromatic carbocycles. The number of ketones is 3. The molecule has 0 N–H and O–H groups in total. The average Bonchev–Trinajstić information content (AvgIpc) is 3.19. The minimum Gasteiger partial charge on any atom is -0.472 e. The van der Waals surface area contributed by atoms with Gasteiger partial charge >= 0.3 is 0 Å². The average molecular weight is 344 g/mol. The lowest BCUT2D eigenvalue weighted by molar-refractivity contribution is -0.116. The molecule has 1 atom stereocenters. The van der Waals surface area contributed by atoms with E-state index < -0.39 is 5.92 Å². The van der Waals surface area contributed by atoms with Crippen LogP contribution in [0.4, 0.5) is 0 Å². The van der Waals surface area contributed by atoms with Gasteiger partial charge in [0.1, 0.15) is 0 Å². The molecule has 3 aliphatic rings. The van der Waals surface area contributed by atoms with Gasteiger partial charge in [-0.3, -0.25) is 14.4 Å². The zero-order valence-electron chi connectivity index (χ0n) is 14.1. The molecule has 2 aromatic rings. The van der Waals surface area contributed by atoms with Crippen LogP contribution < -0.4 is 0 Å². The Balaban J connectivity index is 1.77. The third-order valence-corrected chi connectivity index (χ3v) is 5.67. The number of carbonyl (C=O) groups is 3. The number of benzene rings is 1. The Morgan fingerprint density at radius 2 is 1.65 bits per heavy atom. The first-order valence-corrected chi connectivity index (χ1v) is 8.85. The van der Waals surface area contributed by atoms with E-state index in [-0.39, 0.29) is 17.3 Å². The lowest BCUT2D eigenvalue weighted by Crippen LogP contribution is -2.32. The SMILES string of the molecule is O=C1CCCC2=C1C(c1ccoc1)C1=C(C2)C(=O)c2ccccc2C1=O. The van der Waals surface area contributed by atoms with Gasteiger partial charge in [-0.1, -0.05) is 29.8 Å². The summed E-state index contributed by atoms with van der Waals surface area (Å²) >= 11 is 0. The third-order valence-electron chi connectivity index (χ3n) is 5.67. The summed E-state index contributed by atoms with van der Waals surface area (Å²) in [7, 11) is 0.